The first-order valence-corrected chi connectivity index (χ1v) is 11.4. The Morgan fingerprint density at radius 2 is 1.96 bits per heavy atom. The maximum absolute atomic E-state index is 4.60. The van der Waals surface area contributed by atoms with Gasteiger partial charge in [-0.3, -0.25) is 0 Å². The smallest absolute Gasteiger partial charge is 0.214 e. The van der Waals surface area contributed by atoms with E-state index in [0.717, 1.165) is 51.4 Å². The lowest BCUT2D eigenvalue weighted by Crippen LogP contribution is -2.00. The SMILES string of the molecule is C1=CCC=CC(n2nnnc2SCCCCCSc2nc3ccccc3[nH]2)=C1.[HH]. The largest absolute Gasteiger partial charge is 0.333 e. The number of para-hydroxylation sites is 2. The number of fused-ring (bicyclic) bond motifs is 1. The summed E-state index contributed by atoms with van der Waals surface area (Å²) in [5.41, 5.74) is 3.14. The summed E-state index contributed by atoms with van der Waals surface area (Å²) in [4.78, 5) is 7.97. The molecule has 146 valence electrons. The van der Waals surface area contributed by atoms with Crippen molar-refractivity contribution < 1.29 is 1.43 Å². The fraction of sp³-hybridized carbons (Fsp3) is 0.300. The number of rotatable bonds is 9. The molecule has 1 aliphatic rings. The van der Waals surface area contributed by atoms with Crippen molar-refractivity contribution in [1.82, 2.24) is 30.2 Å². The Kier molecular flexibility index (Phi) is 6.62. The number of hydrogen-bond acceptors (Lipinski definition) is 6. The number of nitrogens with zero attached hydrogens (tertiary/aromatic N) is 5. The standard InChI is InChI=1S/C20H22N6S2.H2/c1-2-5-11-16(10-4-1)26-20(23-24-25-26)28-15-9-3-8-14-27-19-21-17-12-6-7-13-18(17)22-19;/h1,4-7,10-13H,2-3,8-9,14-15H2,(H,21,22);1H. The maximum Gasteiger partial charge on any atom is 0.214 e. The van der Waals surface area contributed by atoms with Crippen LogP contribution in [-0.4, -0.2) is 41.7 Å². The molecule has 2 aromatic heterocycles. The zero-order valence-electron chi connectivity index (χ0n) is 15.5. The molecule has 3 aromatic rings. The fourth-order valence-electron chi connectivity index (χ4n) is 2.85. The number of imidazole rings is 1. The van der Waals surface area contributed by atoms with Gasteiger partial charge in [-0.05, 0) is 54.0 Å². The molecule has 28 heavy (non-hydrogen) atoms. The molecule has 0 spiro atoms. The van der Waals surface area contributed by atoms with Gasteiger partial charge in [0.05, 0.1) is 16.7 Å². The van der Waals surface area contributed by atoms with Gasteiger partial charge in [0.15, 0.2) is 5.16 Å². The molecule has 2 heterocycles. The normalized spacial score (nSPS) is 13.8. The highest BCUT2D eigenvalue weighted by atomic mass is 32.2. The van der Waals surface area contributed by atoms with E-state index < -0.39 is 0 Å². The van der Waals surface area contributed by atoms with Gasteiger partial charge in [-0.25, -0.2) is 4.98 Å². The summed E-state index contributed by atoms with van der Waals surface area (Å²) in [7, 11) is 0. The van der Waals surface area contributed by atoms with Gasteiger partial charge in [0.1, 0.15) is 0 Å². The zero-order chi connectivity index (χ0) is 19.0. The molecule has 1 aliphatic carbocycles. The number of unbranched alkanes of at least 4 members (excludes halogenated alkanes) is 2. The van der Waals surface area contributed by atoms with Gasteiger partial charge in [-0.1, -0.05) is 60.3 Å². The Labute approximate surface area is 174 Å². The van der Waals surface area contributed by atoms with E-state index in [1.54, 1.807) is 23.5 Å². The Morgan fingerprint density at radius 1 is 1.07 bits per heavy atom. The number of hydrogen-bond donors (Lipinski definition) is 1. The third-order valence-electron chi connectivity index (χ3n) is 4.28. The highest BCUT2D eigenvalue weighted by Gasteiger charge is 2.09. The average molecular weight is 413 g/mol. The predicted molar refractivity (Wildman–Crippen MR) is 118 cm³/mol. The lowest BCUT2D eigenvalue weighted by molar-refractivity contribution is 0.769. The number of benzene rings is 1. The molecule has 1 aromatic carbocycles. The van der Waals surface area contributed by atoms with Gasteiger partial charge in [0.2, 0.25) is 5.16 Å². The van der Waals surface area contributed by atoms with E-state index in [-0.39, 0.29) is 1.43 Å². The van der Waals surface area contributed by atoms with E-state index >= 15 is 0 Å². The van der Waals surface area contributed by atoms with Crippen molar-refractivity contribution in [3.63, 3.8) is 0 Å². The van der Waals surface area contributed by atoms with E-state index in [9.17, 15) is 0 Å². The molecule has 0 fully saturated rings. The lowest BCUT2D eigenvalue weighted by atomic mass is 10.3. The van der Waals surface area contributed by atoms with Crippen LogP contribution in [0.3, 0.4) is 0 Å². The van der Waals surface area contributed by atoms with Crippen molar-refractivity contribution >= 4 is 40.3 Å². The van der Waals surface area contributed by atoms with E-state index in [0.29, 0.717) is 0 Å². The molecule has 0 aliphatic heterocycles. The summed E-state index contributed by atoms with van der Waals surface area (Å²) in [6, 6.07) is 8.15. The first-order chi connectivity index (χ1) is 13.9. The van der Waals surface area contributed by atoms with E-state index in [1.165, 1.54) is 12.8 Å². The van der Waals surface area contributed by atoms with Crippen molar-refractivity contribution in [1.29, 1.82) is 0 Å². The van der Waals surface area contributed by atoms with E-state index in [1.807, 2.05) is 35.0 Å². The number of aromatic amines is 1. The summed E-state index contributed by atoms with van der Waals surface area (Å²) in [5, 5.41) is 14.0. The molecule has 0 atom stereocenters. The summed E-state index contributed by atoms with van der Waals surface area (Å²) in [6.07, 6.45) is 14.8. The second-order valence-corrected chi connectivity index (χ2v) is 8.49. The van der Waals surface area contributed by atoms with Crippen molar-refractivity contribution in [2.45, 2.75) is 36.0 Å². The Balaban J connectivity index is 0.00000240. The van der Waals surface area contributed by atoms with Gasteiger partial charge >= 0.3 is 0 Å². The molecule has 0 unspecified atom stereocenters. The van der Waals surface area contributed by atoms with Gasteiger partial charge in [-0.15, -0.1) is 5.10 Å². The summed E-state index contributed by atoms with van der Waals surface area (Å²) >= 11 is 3.51. The third-order valence-corrected chi connectivity index (χ3v) is 6.24. The Morgan fingerprint density at radius 3 is 2.89 bits per heavy atom. The van der Waals surface area contributed by atoms with Crippen LogP contribution in [0.2, 0.25) is 0 Å². The molecule has 0 bridgehead atoms. The van der Waals surface area contributed by atoms with Crippen LogP contribution in [0.5, 0.6) is 0 Å². The minimum absolute atomic E-state index is 0. The molecule has 6 nitrogen and oxygen atoms in total. The second kappa shape index (κ2) is 9.75. The van der Waals surface area contributed by atoms with Gasteiger partial charge < -0.3 is 4.98 Å². The Bertz CT molecular complexity index is 974. The van der Waals surface area contributed by atoms with Gasteiger partial charge in [0, 0.05) is 12.9 Å². The molecule has 1 N–H and O–H groups in total. The topological polar surface area (TPSA) is 72.3 Å². The first kappa shape index (κ1) is 19.0. The molecule has 4 rings (SSSR count). The van der Waals surface area contributed by atoms with Crippen LogP contribution in [0.15, 0.2) is 65.0 Å². The van der Waals surface area contributed by atoms with Crippen LogP contribution in [0, 0.1) is 0 Å². The number of nitrogens with one attached hydrogen (secondary N) is 1. The van der Waals surface area contributed by atoms with Gasteiger partial charge in [0.25, 0.3) is 0 Å². The molecule has 0 amide bonds. The van der Waals surface area contributed by atoms with Crippen LogP contribution in [0.25, 0.3) is 16.7 Å². The predicted octanol–water partition coefficient (Wildman–Crippen LogP) is 5.21. The summed E-state index contributed by atoms with van der Waals surface area (Å²) in [5.74, 6) is 2.09. The van der Waals surface area contributed by atoms with Crippen molar-refractivity contribution in [2.75, 3.05) is 11.5 Å². The minimum atomic E-state index is 0. The van der Waals surface area contributed by atoms with Crippen LogP contribution in [-0.2, 0) is 0 Å². The summed E-state index contributed by atoms with van der Waals surface area (Å²) in [6.45, 7) is 0. The quantitative estimate of drug-likeness (QED) is 0.384. The molecule has 0 radical (unpaired) electrons. The van der Waals surface area contributed by atoms with E-state index in [4.69, 9.17) is 0 Å². The van der Waals surface area contributed by atoms with Crippen LogP contribution in [0.1, 0.15) is 27.1 Å². The van der Waals surface area contributed by atoms with Crippen LogP contribution in [0.4, 0.5) is 0 Å². The van der Waals surface area contributed by atoms with Crippen LogP contribution < -0.4 is 0 Å². The monoisotopic (exact) mass is 412 g/mol. The van der Waals surface area contributed by atoms with Crippen LogP contribution >= 0.6 is 23.5 Å². The highest BCUT2D eigenvalue weighted by Crippen LogP contribution is 2.23. The summed E-state index contributed by atoms with van der Waals surface area (Å²) < 4.78 is 1.81. The molecule has 0 saturated heterocycles. The van der Waals surface area contributed by atoms with Gasteiger partial charge in [-0.2, -0.15) is 4.68 Å². The maximum atomic E-state index is 4.60. The number of aromatic nitrogens is 6. The number of allylic oxidation sites excluding steroid dienone is 6. The van der Waals surface area contributed by atoms with E-state index in [2.05, 4.69) is 49.8 Å². The molecular weight excluding hydrogens is 388 g/mol. The Hall–Kier alpha value is -2.32. The first-order valence-electron chi connectivity index (χ1n) is 9.42. The third kappa shape index (κ3) is 4.94. The molecule has 0 saturated carbocycles. The zero-order valence-corrected chi connectivity index (χ0v) is 17.1. The number of H-pyrrole nitrogens is 1. The average Bonchev–Trinajstić information content (AvgIpc) is 3.26. The molecule has 8 heteroatoms. The number of tetrazole rings is 1. The highest BCUT2D eigenvalue weighted by molar-refractivity contribution is 7.99. The minimum Gasteiger partial charge on any atom is -0.333 e. The van der Waals surface area contributed by atoms with Crippen molar-refractivity contribution in [3.8, 4) is 0 Å². The molecular formula is C20H24N6S2. The number of thioether (sulfide) groups is 2. The second-order valence-electron chi connectivity index (χ2n) is 6.35. The fourth-order valence-corrected chi connectivity index (χ4v) is 4.63. The van der Waals surface area contributed by atoms with Crippen molar-refractivity contribution in [2.24, 2.45) is 0 Å². The lowest BCUT2D eigenvalue weighted by Gasteiger charge is -2.04. The van der Waals surface area contributed by atoms with Crippen molar-refractivity contribution in [3.05, 3.63) is 54.6 Å².